The van der Waals surface area contributed by atoms with Crippen molar-refractivity contribution < 1.29 is 9.84 Å². The van der Waals surface area contributed by atoms with Crippen molar-refractivity contribution in [3.05, 3.63) is 59.2 Å². The van der Waals surface area contributed by atoms with Crippen LogP contribution >= 0.6 is 0 Å². The number of benzene rings is 2. The topological polar surface area (TPSA) is 41.5 Å². The van der Waals surface area contributed by atoms with Gasteiger partial charge in [-0.1, -0.05) is 24.3 Å². The summed E-state index contributed by atoms with van der Waals surface area (Å²) in [6.45, 7) is 6.76. The highest BCUT2D eigenvalue weighted by Gasteiger charge is 2.09. The predicted octanol–water partition coefficient (Wildman–Crippen LogP) is 4.06. The van der Waals surface area contributed by atoms with E-state index in [1.54, 1.807) is 0 Å². The summed E-state index contributed by atoms with van der Waals surface area (Å²) in [6.07, 6.45) is 0. The standard InChI is InChI=1S/C18H23NO2/c1-4-21-18-10-9-16(11-15(18)12-20)19-14(3)17-8-6-5-7-13(17)2/h5-11,14,19-20H,4,12H2,1-3H3. The Morgan fingerprint density at radius 2 is 1.95 bits per heavy atom. The summed E-state index contributed by atoms with van der Waals surface area (Å²) in [4.78, 5) is 0. The minimum absolute atomic E-state index is 0.0242. The second-order valence-electron chi connectivity index (χ2n) is 5.14. The molecule has 0 aliphatic heterocycles. The molecule has 0 amide bonds. The van der Waals surface area contributed by atoms with E-state index < -0.39 is 0 Å². The van der Waals surface area contributed by atoms with E-state index in [2.05, 4.69) is 37.4 Å². The van der Waals surface area contributed by atoms with Gasteiger partial charge in [-0.2, -0.15) is 0 Å². The van der Waals surface area contributed by atoms with Gasteiger partial charge in [-0.15, -0.1) is 0 Å². The zero-order chi connectivity index (χ0) is 15.2. The fourth-order valence-corrected chi connectivity index (χ4v) is 2.49. The van der Waals surface area contributed by atoms with Crippen molar-refractivity contribution in [3.8, 4) is 5.75 Å². The van der Waals surface area contributed by atoms with Crippen LogP contribution in [0.2, 0.25) is 0 Å². The van der Waals surface area contributed by atoms with Crippen molar-refractivity contribution in [2.75, 3.05) is 11.9 Å². The molecule has 2 aromatic rings. The van der Waals surface area contributed by atoms with Crippen LogP contribution in [0.15, 0.2) is 42.5 Å². The molecule has 21 heavy (non-hydrogen) atoms. The minimum atomic E-state index is -0.0242. The maximum atomic E-state index is 9.46. The van der Waals surface area contributed by atoms with E-state index >= 15 is 0 Å². The summed E-state index contributed by atoms with van der Waals surface area (Å²) < 4.78 is 5.50. The number of hydrogen-bond acceptors (Lipinski definition) is 3. The van der Waals surface area contributed by atoms with Gasteiger partial charge < -0.3 is 15.2 Å². The van der Waals surface area contributed by atoms with Crippen LogP contribution in [0.25, 0.3) is 0 Å². The van der Waals surface area contributed by atoms with E-state index in [-0.39, 0.29) is 12.6 Å². The second-order valence-corrected chi connectivity index (χ2v) is 5.14. The molecule has 0 saturated heterocycles. The van der Waals surface area contributed by atoms with Crippen molar-refractivity contribution in [2.45, 2.75) is 33.4 Å². The first-order valence-corrected chi connectivity index (χ1v) is 7.34. The molecule has 0 spiro atoms. The molecule has 0 aromatic heterocycles. The summed E-state index contributed by atoms with van der Waals surface area (Å²) in [5, 5.41) is 12.9. The Labute approximate surface area is 126 Å². The second kappa shape index (κ2) is 7.14. The van der Waals surface area contributed by atoms with E-state index in [1.165, 1.54) is 11.1 Å². The first-order chi connectivity index (χ1) is 10.2. The molecule has 2 rings (SSSR count). The lowest BCUT2D eigenvalue weighted by Crippen LogP contribution is -2.08. The monoisotopic (exact) mass is 285 g/mol. The number of aryl methyl sites for hydroxylation is 1. The van der Waals surface area contributed by atoms with Gasteiger partial charge in [-0.25, -0.2) is 0 Å². The lowest BCUT2D eigenvalue weighted by atomic mass is 10.0. The Kier molecular flexibility index (Phi) is 5.23. The average molecular weight is 285 g/mol. The molecule has 3 heteroatoms. The normalized spacial score (nSPS) is 12.0. The van der Waals surface area contributed by atoms with Crippen molar-refractivity contribution in [3.63, 3.8) is 0 Å². The lowest BCUT2D eigenvalue weighted by Gasteiger charge is -2.19. The summed E-state index contributed by atoms with van der Waals surface area (Å²) in [6, 6.07) is 14.4. The molecular formula is C18H23NO2. The molecule has 112 valence electrons. The highest BCUT2D eigenvalue weighted by molar-refractivity contribution is 5.52. The molecule has 0 heterocycles. The Morgan fingerprint density at radius 1 is 1.19 bits per heavy atom. The molecule has 0 fully saturated rings. The average Bonchev–Trinajstić information content (AvgIpc) is 2.49. The third-order valence-electron chi connectivity index (χ3n) is 3.57. The van der Waals surface area contributed by atoms with E-state index in [0.717, 1.165) is 17.0 Å². The Hall–Kier alpha value is -2.00. The first-order valence-electron chi connectivity index (χ1n) is 7.34. The number of ether oxygens (including phenoxy) is 1. The quantitative estimate of drug-likeness (QED) is 0.841. The fourth-order valence-electron chi connectivity index (χ4n) is 2.49. The first kappa shape index (κ1) is 15.4. The molecule has 0 bridgehead atoms. The lowest BCUT2D eigenvalue weighted by molar-refractivity contribution is 0.267. The number of anilines is 1. The van der Waals surface area contributed by atoms with Gasteiger partial charge in [0, 0.05) is 17.3 Å². The molecule has 0 saturated carbocycles. The number of aliphatic hydroxyl groups is 1. The summed E-state index contributed by atoms with van der Waals surface area (Å²) in [5.41, 5.74) is 4.33. The van der Waals surface area contributed by atoms with Gasteiger partial charge in [0.2, 0.25) is 0 Å². The van der Waals surface area contributed by atoms with Gasteiger partial charge >= 0.3 is 0 Å². The zero-order valence-electron chi connectivity index (χ0n) is 12.9. The Bertz CT molecular complexity index is 596. The maximum Gasteiger partial charge on any atom is 0.124 e. The number of rotatable bonds is 6. The molecule has 1 unspecified atom stereocenters. The van der Waals surface area contributed by atoms with Crippen molar-refractivity contribution >= 4 is 5.69 Å². The molecule has 0 aliphatic carbocycles. The van der Waals surface area contributed by atoms with Crippen LogP contribution in [-0.2, 0) is 6.61 Å². The van der Waals surface area contributed by atoms with E-state index in [1.807, 2.05) is 31.2 Å². The predicted molar refractivity (Wildman–Crippen MR) is 86.8 cm³/mol. The minimum Gasteiger partial charge on any atom is -0.494 e. The van der Waals surface area contributed by atoms with Crippen LogP contribution in [0.5, 0.6) is 5.75 Å². The number of aliphatic hydroxyl groups excluding tert-OH is 1. The highest BCUT2D eigenvalue weighted by atomic mass is 16.5. The van der Waals surface area contributed by atoms with Crippen molar-refractivity contribution in [1.29, 1.82) is 0 Å². The van der Waals surface area contributed by atoms with Gasteiger partial charge in [-0.3, -0.25) is 0 Å². The third kappa shape index (κ3) is 3.76. The van der Waals surface area contributed by atoms with Crippen LogP contribution in [0, 0.1) is 6.92 Å². The highest BCUT2D eigenvalue weighted by Crippen LogP contribution is 2.26. The maximum absolute atomic E-state index is 9.46. The van der Waals surface area contributed by atoms with Crippen LogP contribution in [-0.4, -0.2) is 11.7 Å². The molecular weight excluding hydrogens is 262 g/mol. The van der Waals surface area contributed by atoms with Gasteiger partial charge in [0.15, 0.2) is 0 Å². The summed E-state index contributed by atoms with van der Waals surface area (Å²) in [5.74, 6) is 0.745. The van der Waals surface area contributed by atoms with Crippen molar-refractivity contribution in [2.24, 2.45) is 0 Å². The van der Waals surface area contributed by atoms with Gasteiger partial charge in [0.05, 0.1) is 13.2 Å². The molecule has 0 aliphatic rings. The molecule has 1 atom stereocenters. The Balaban J connectivity index is 2.18. The molecule has 0 radical (unpaired) electrons. The van der Waals surface area contributed by atoms with Gasteiger partial charge in [0.25, 0.3) is 0 Å². The molecule has 2 aromatic carbocycles. The molecule has 2 N–H and O–H groups in total. The van der Waals surface area contributed by atoms with E-state index in [9.17, 15) is 5.11 Å². The smallest absolute Gasteiger partial charge is 0.124 e. The number of nitrogens with one attached hydrogen (secondary N) is 1. The van der Waals surface area contributed by atoms with Crippen LogP contribution < -0.4 is 10.1 Å². The molecule has 3 nitrogen and oxygen atoms in total. The van der Waals surface area contributed by atoms with Crippen LogP contribution in [0.4, 0.5) is 5.69 Å². The number of hydrogen-bond donors (Lipinski definition) is 2. The van der Waals surface area contributed by atoms with Gasteiger partial charge in [0.1, 0.15) is 5.75 Å². The fraction of sp³-hybridized carbons (Fsp3) is 0.333. The van der Waals surface area contributed by atoms with Crippen LogP contribution in [0.1, 0.15) is 36.6 Å². The van der Waals surface area contributed by atoms with Crippen LogP contribution in [0.3, 0.4) is 0 Å². The Morgan fingerprint density at radius 3 is 2.62 bits per heavy atom. The van der Waals surface area contributed by atoms with Crippen molar-refractivity contribution in [1.82, 2.24) is 0 Å². The third-order valence-corrected chi connectivity index (χ3v) is 3.57. The van der Waals surface area contributed by atoms with Gasteiger partial charge in [-0.05, 0) is 50.1 Å². The van der Waals surface area contributed by atoms with E-state index in [4.69, 9.17) is 4.74 Å². The van der Waals surface area contributed by atoms with E-state index in [0.29, 0.717) is 6.61 Å². The summed E-state index contributed by atoms with van der Waals surface area (Å²) >= 11 is 0. The zero-order valence-corrected chi connectivity index (χ0v) is 12.9. The SMILES string of the molecule is CCOc1ccc(NC(C)c2ccccc2C)cc1CO. The summed E-state index contributed by atoms with van der Waals surface area (Å²) in [7, 11) is 0. The largest absolute Gasteiger partial charge is 0.494 e.